The van der Waals surface area contributed by atoms with Gasteiger partial charge in [-0.05, 0) is 22.3 Å². The summed E-state index contributed by atoms with van der Waals surface area (Å²) in [7, 11) is -0.799. The van der Waals surface area contributed by atoms with Crippen LogP contribution >= 0.6 is 0 Å². The van der Waals surface area contributed by atoms with E-state index in [9.17, 15) is 0 Å². The van der Waals surface area contributed by atoms with Crippen LogP contribution in [0.5, 0.6) is 0 Å². The van der Waals surface area contributed by atoms with E-state index in [2.05, 4.69) is 134 Å². The first kappa shape index (κ1) is 20.0. The van der Waals surface area contributed by atoms with Gasteiger partial charge in [0.2, 0.25) is 6.71 Å². The lowest BCUT2D eigenvalue weighted by Gasteiger charge is -2.32. The number of fused-ring (bicyclic) bond motifs is 2. The Kier molecular flexibility index (Phi) is 5.09. The molecule has 1 radical (unpaired) electrons. The number of benzene rings is 5. The SMILES string of the molecule is C[Si]1c2ccccc2B(c2c(-c3ccccc3)cccc2-c2ccccc2)c2ccccc21. The molecule has 0 fully saturated rings. The molecule has 2 heteroatoms. The monoisotopic (exact) mass is 435 g/mol. The third-order valence-electron chi connectivity index (χ3n) is 6.92. The second kappa shape index (κ2) is 8.38. The van der Waals surface area contributed by atoms with Gasteiger partial charge in [-0.25, -0.2) is 0 Å². The van der Waals surface area contributed by atoms with Crippen molar-refractivity contribution in [3.63, 3.8) is 0 Å². The topological polar surface area (TPSA) is 0 Å². The summed E-state index contributed by atoms with van der Waals surface area (Å²) in [5, 5.41) is 3.07. The first-order chi connectivity index (χ1) is 16.3. The zero-order chi connectivity index (χ0) is 22.2. The highest BCUT2D eigenvalue weighted by Crippen LogP contribution is 2.25. The maximum atomic E-state index is 2.44. The lowest BCUT2D eigenvalue weighted by Crippen LogP contribution is -2.71. The number of hydrogen-bond donors (Lipinski definition) is 0. The van der Waals surface area contributed by atoms with Crippen molar-refractivity contribution < 1.29 is 0 Å². The second-order valence-electron chi connectivity index (χ2n) is 8.73. The molecular weight excluding hydrogens is 411 g/mol. The first-order valence-corrected chi connectivity index (χ1v) is 13.6. The van der Waals surface area contributed by atoms with E-state index in [0.717, 1.165) is 0 Å². The van der Waals surface area contributed by atoms with Crippen molar-refractivity contribution in [2.75, 3.05) is 0 Å². The molecular formula is C31H24BSi. The van der Waals surface area contributed by atoms with Crippen molar-refractivity contribution in [1.82, 2.24) is 0 Å². The molecule has 0 unspecified atom stereocenters. The fraction of sp³-hybridized carbons (Fsp3) is 0.0323. The molecule has 0 amide bonds. The normalized spacial score (nSPS) is 12.8. The van der Waals surface area contributed by atoms with E-state index >= 15 is 0 Å². The smallest absolute Gasteiger partial charge is 0.0691 e. The molecule has 0 saturated carbocycles. The van der Waals surface area contributed by atoms with E-state index in [4.69, 9.17) is 0 Å². The van der Waals surface area contributed by atoms with Crippen molar-refractivity contribution in [2.24, 2.45) is 0 Å². The van der Waals surface area contributed by atoms with Crippen LogP contribution in [0.2, 0.25) is 6.55 Å². The summed E-state index contributed by atoms with van der Waals surface area (Å²) in [6.45, 7) is 2.65. The Morgan fingerprint density at radius 3 is 1.36 bits per heavy atom. The maximum absolute atomic E-state index is 2.44. The molecule has 33 heavy (non-hydrogen) atoms. The largest absolute Gasteiger partial charge is 0.242 e. The van der Waals surface area contributed by atoms with Gasteiger partial charge in [-0.3, -0.25) is 0 Å². The Morgan fingerprint density at radius 1 is 0.455 bits per heavy atom. The number of rotatable bonds is 3. The Bertz CT molecular complexity index is 1320. The third kappa shape index (κ3) is 3.39. The Hall–Kier alpha value is -3.62. The van der Waals surface area contributed by atoms with E-state index < -0.39 is 8.80 Å². The molecule has 0 aliphatic carbocycles. The van der Waals surface area contributed by atoms with E-state index in [1.807, 2.05) is 0 Å². The highest BCUT2D eigenvalue weighted by Gasteiger charge is 2.36. The van der Waals surface area contributed by atoms with Gasteiger partial charge in [0.1, 0.15) is 8.80 Å². The van der Waals surface area contributed by atoms with E-state index in [1.54, 1.807) is 0 Å². The molecule has 1 aliphatic heterocycles. The van der Waals surface area contributed by atoms with Crippen LogP contribution in [0, 0.1) is 0 Å². The summed E-state index contributed by atoms with van der Waals surface area (Å²) >= 11 is 0. The van der Waals surface area contributed by atoms with Crippen LogP contribution in [0.25, 0.3) is 22.3 Å². The van der Waals surface area contributed by atoms with Gasteiger partial charge < -0.3 is 0 Å². The van der Waals surface area contributed by atoms with Crippen molar-refractivity contribution in [1.29, 1.82) is 0 Å². The average molecular weight is 435 g/mol. The van der Waals surface area contributed by atoms with Crippen LogP contribution < -0.4 is 26.8 Å². The summed E-state index contributed by atoms with van der Waals surface area (Å²) in [4.78, 5) is 0. The molecule has 0 aromatic heterocycles. The van der Waals surface area contributed by atoms with Crippen LogP contribution in [0.4, 0.5) is 0 Å². The van der Waals surface area contributed by atoms with Crippen LogP contribution in [0.1, 0.15) is 0 Å². The Labute approximate surface area is 198 Å². The predicted molar refractivity (Wildman–Crippen MR) is 146 cm³/mol. The molecule has 0 atom stereocenters. The Morgan fingerprint density at radius 2 is 0.879 bits per heavy atom. The van der Waals surface area contributed by atoms with Gasteiger partial charge >= 0.3 is 0 Å². The molecule has 0 bridgehead atoms. The molecule has 5 aromatic rings. The molecule has 0 nitrogen and oxygen atoms in total. The van der Waals surface area contributed by atoms with Crippen molar-refractivity contribution in [3.05, 3.63) is 127 Å². The fourth-order valence-electron chi connectivity index (χ4n) is 5.42. The van der Waals surface area contributed by atoms with Crippen LogP contribution in [0.3, 0.4) is 0 Å². The highest BCUT2D eigenvalue weighted by molar-refractivity contribution is 7.08. The summed E-state index contributed by atoms with van der Waals surface area (Å²) in [5.41, 5.74) is 9.52. The van der Waals surface area contributed by atoms with Gasteiger partial charge in [0.05, 0.1) is 0 Å². The van der Waals surface area contributed by atoms with E-state index in [0.29, 0.717) is 0 Å². The fourth-order valence-corrected chi connectivity index (χ4v) is 7.72. The molecule has 0 N–H and O–H groups in total. The zero-order valence-corrected chi connectivity index (χ0v) is 19.7. The summed E-state index contributed by atoms with van der Waals surface area (Å²) in [6.07, 6.45) is 0. The van der Waals surface area contributed by atoms with Crippen molar-refractivity contribution in [3.8, 4) is 22.3 Å². The van der Waals surface area contributed by atoms with Crippen molar-refractivity contribution >= 4 is 42.3 Å². The quantitative estimate of drug-likeness (QED) is 0.375. The summed E-state index contributed by atoms with van der Waals surface area (Å²) in [5.74, 6) is 0. The minimum absolute atomic E-state index is 0.206. The molecule has 0 spiro atoms. The standard InChI is InChI=1S/C31H24BSi/c1-33-29-21-10-8-19-27(29)32(28-20-9-11-22-30(28)33)31-25(23-13-4-2-5-14-23)17-12-18-26(31)24-15-6-3-7-16-24/h2-22H,1H3. The van der Waals surface area contributed by atoms with Gasteiger partial charge in [-0.15, -0.1) is 0 Å². The van der Waals surface area contributed by atoms with Crippen LogP contribution in [-0.4, -0.2) is 15.5 Å². The van der Waals surface area contributed by atoms with Gasteiger partial charge in [0, 0.05) is 0 Å². The molecule has 6 rings (SSSR count). The van der Waals surface area contributed by atoms with Gasteiger partial charge in [-0.1, -0.05) is 161 Å². The lowest BCUT2D eigenvalue weighted by molar-refractivity contribution is 1.61. The second-order valence-corrected chi connectivity index (χ2v) is 11.1. The van der Waals surface area contributed by atoms with E-state index in [1.165, 1.54) is 49.0 Å². The first-order valence-electron chi connectivity index (χ1n) is 11.6. The number of hydrogen-bond acceptors (Lipinski definition) is 0. The van der Waals surface area contributed by atoms with Crippen LogP contribution in [-0.2, 0) is 0 Å². The lowest BCUT2D eigenvalue weighted by atomic mass is 9.35. The maximum Gasteiger partial charge on any atom is 0.242 e. The van der Waals surface area contributed by atoms with E-state index in [-0.39, 0.29) is 6.71 Å². The van der Waals surface area contributed by atoms with Gasteiger partial charge in [-0.2, -0.15) is 0 Å². The molecule has 5 aromatic carbocycles. The third-order valence-corrected chi connectivity index (χ3v) is 9.44. The average Bonchev–Trinajstić information content (AvgIpc) is 2.90. The van der Waals surface area contributed by atoms with Gasteiger partial charge in [0.15, 0.2) is 0 Å². The molecule has 1 aliphatic rings. The minimum atomic E-state index is -0.799. The van der Waals surface area contributed by atoms with Crippen molar-refractivity contribution in [2.45, 2.75) is 6.55 Å². The highest BCUT2D eigenvalue weighted by atomic mass is 28.3. The molecule has 155 valence electrons. The molecule has 0 saturated heterocycles. The molecule has 1 heterocycles. The Balaban J connectivity index is 1.72. The summed E-state index contributed by atoms with van der Waals surface area (Å²) < 4.78 is 0. The summed E-state index contributed by atoms with van der Waals surface area (Å²) in [6, 6.07) is 46.8. The zero-order valence-electron chi connectivity index (χ0n) is 18.7. The van der Waals surface area contributed by atoms with Gasteiger partial charge in [0.25, 0.3) is 0 Å². The minimum Gasteiger partial charge on any atom is -0.0691 e. The predicted octanol–water partition coefficient (Wildman–Crippen LogP) is 4.09. The van der Waals surface area contributed by atoms with Crippen LogP contribution in [0.15, 0.2) is 127 Å².